The molecule has 2 N–H and O–H groups in total. The number of rotatable bonds is 9. The maximum atomic E-state index is 12.5. The number of anilines is 1. The molecule has 0 saturated carbocycles. The van der Waals surface area contributed by atoms with Gasteiger partial charge in [0.25, 0.3) is 0 Å². The topological polar surface area (TPSA) is 112 Å². The lowest BCUT2D eigenvalue weighted by molar-refractivity contribution is -0.115. The number of pyridine rings is 1. The first-order valence-corrected chi connectivity index (χ1v) is 12.4. The first kappa shape index (κ1) is 25.5. The molecular formula is C29H23N3O4S. The minimum atomic E-state index is -1.06. The van der Waals surface area contributed by atoms with Crippen molar-refractivity contribution >= 4 is 29.3 Å². The van der Waals surface area contributed by atoms with Gasteiger partial charge in [0.1, 0.15) is 16.8 Å². The molecule has 3 aromatic carbocycles. The number of benzene rings is 3. The Kier molecular flexibility index (Phi) is 8.18. The van der Waals surface area contributed by atoms with Crippen LogP contribution in [0.1, 0.15) is 22.3 Å². The van der Waals surface area contributed by atoms with E-state index in [0.717, 1.165) is 22.4 Å². The smallest absolute Gasteiger partial charge is 0.335 e. The number of carbonyl (C=O) groups is 2. The third kappa shape index (κ3) is 6.34. The zero-order valence-electron chi connectivity index (χ0n) is 20.0. The Labute approximate surface area is 218 Å². The number of ether oxygens (including phenoxy) is 1. The van der Waals surface area contributed by atoms with Gasteiger partial charge >= 0.3 is 5.97 Å². The number of amides is 1. The second kappa shape index (κ2) is 11.9. The van der Waals surface area contributed by atoms with Crippen molar-refractivity contribution in [1.29, 1.82) is 5.26 Å². The van der Waals surface area contributed by atoms with Crippen LogP contribution in [-0.2, 0) is 4.79 Å². The highest BCUT2D eigenvalue weighted by molar-refractivity contribution is 7.99. The van der Waals surface area contributed by atoms with Crippen molar-refractivity contribution in [2.24, 2.45) is 0 Å². The molecule has 8 heteroatoms. The average Bonchev–Trinajstić information content (AvgIpc) is 2.93. The molecule has 0 aliphatic carbocycles. The van der Waals surface area contributed by atoms with E-state index >= 15 is 0 Å². The van der Waals surface area contributed by atoms with Crippen LogP contribution in [0.3, 0.4) is 0 Å². The Morgan fingerprint density at radius 1 is 1.00 bits per heavy atom. The van der Waals surface area contributed by atoms with Gasteiger partial charge in [-0.05, 0) is 42.0 Å². The van der Waals surface area contributed by atoms with E-state index in [1.54, 1.807) is 19.2 Å². The molecule has 4 rings (SSSR count). The molecule has 0 bridgehead atoms. The molecule has 37 heavy (non-hydrogen) atoms. The van der Waals surface area contributed by atoms with Crippen molar-refractivity contribution in [3.05, 3.63) is 96.1 Å². The number of carboxylic acids is 1. The summed E-state index contributed by atoms with van der Waals surface area (Å²) in [5, 5.41) is 22.4. The highest BCUT2D eigenvalue weighted by Crippen LogP contribution is 2.35. The van der Waals surface area contributed by atoms with E-state index < -0.39 is 5.97 Å². The van der Waals surface area contributed by atoms with Crippen LogP contribution in [0.25, 0.3) is 22.4 Å². The van der Waals surface area contributed by atoms with Crippen LogP contribution < -0.4 is 10.1 Å². The maximum absolute atomic E-state index is 12.5. The molecule has 0 fully saturated rings. The first-order valence-electron chi connectivity index (χ1n) is 11.4. The van der Waals surface area contributed by atoms with E-state index in [0.29, 0.717) is 27.8 Å². The van der Waals surface area contributed by atoms with Gasteiger partial charge in [-0.15, -0.1) is 11.8 Å². The lowest BCUT2D eigenvalue weighted by Crippen LogP contribution is -2.12. The summed E-state index contributed by atoms with van der Waals surface area (Å²) in [6.45, 7) is 0. The molecule has 0 aliphatic rings. The zero-order chi connectivity index (χ0) is 26.2. The SMILES string of the molecule is COc1ccc(-c2cc(-c3ccccc3)nc(SCCC(=O)Nc3cccc(C(=O)O)c3)c2C#N)cc1. The van der Waals surface area contributed by atoms with Crippen molar-refractivity contribution in [2.45, 2.75) is 11.4 Å². The Morgan fingerprint density at radius 3 is 2.43 bits per heavy atom. The number of nitrogens with zero attached hydrogens (tertiary/aromatic N) is 2. The van der Waals surface area contributed by atoms with E-state index in [4.69, 9.17) is 14.8 Å². The summed E-state index contributed by atoms with van der Waals surface area (Å²) in [7, 11) is 1.60. The average molecular weight is 510 g/mol. The lowest BCUT2D eigenvalue weighted by atomic mass is 9.99. The van der Waals surface area contributed by atoms with E-state index in [-0.39, 0.29) is 17.9 Å². The zero-order valence-corrected chi connectivity index (χ0v) is 20.8. The summed E-state index contributed by atoms with van der Waals surface area (Å²) < 4.78 is 5.27. The van der Waals surface area contributed by atoms with Gasteiger partial charge in [0.15, 0.2) is 0 Å². The van der Waals surface area contributed by atoms with Gasteiger partial charge in [0, 0.05) is 29.0 Å². The largest absolute Gasteiger partial charge is 0.497 e. The molecule has 7 nitrogen and oxygen atoms in total. The fourth-order valence-electron chi connectivity index (χ4n) is 3.68. The molecule has 0 radical (unpaired) electrons. The standard InChI is InChI=1S/C29H23N3O4S/c1-36-23-12-10-19(11-13-23)24-17-26(20-6-3-2-4-7-20)32-28(25(24)18-30)37-15-14-27(33)31-22-9-5-8-21(16-22)29(34)35/h2-13,16-17H,14-15H2,1H3,(H,31,33)(H,34,35). The van der Waals surface area contributed by atoms with E-state index in [1.165, 1.54) is 23.9 Å². The van der Waals surface area contributed by atoms with Gasteiger partial charge in [-0.3, -0.25) is 4.79 Å². The lowest BCUT2D eigenvalue weighted by Gasteiger charge is -2.13. The number of hydrogen-bond acceptors (Lipinski definition) is 6. The summed E-state index contributed by atoms with van der Waals surface area (Å²) in [6, 6.07) is 27.5. The van der Waals surface area contributed by atoms with Gasteiger partial charge in [0.05, 0.1) is 23.9 Å². The molecule has 4 aromatic rings. The predicted octanol–water partition coefficient (Wildman–Crippen LogP) is 6.11. The summed E-state index contributed by atoms with van der Waals surface area (Å²) >= 11 is 1.33. The Hall–Kier alpha value is -4.61. The number of carbonyl (C=O) groups excluding carboxylic acids is 1. The van der Waals surface area contributed by atoms with Gasteiger partial charge in [-0.2, -0.15) is 5.26 Å². The van der Waals surface area contributed by atoms with Crippen LogP contribution in [0.15, 0.2) is 90.0 Å². The van der Waals surface area contributed by atoms with Crippen LogP contribution in [-0.4, -0.2) is 34.8 Å². The number of thioether (sulfide) groups is 1. The van der Waals surface area contributed by atoms with E-state index in [2.05, 4.69) is 11.4 Å². The third-order valence-electron chi connectivity index (χ3n) is 5.53. The van der Waals surface area contributed by atoms with Gasteiger partial charge in [0.2, 0.25) is 5.91 Å². The number of hydrogen-bond donors (Lipinski definition) is 2. The fourth-order valence-corrected chi connectivity index (χ4v) is 4.63. The number of nitrogens with one attached hydrogen (secondary N) is 1. The number of methoxy groups -OCH3 is 1. The third-order valence-corrected chi connectivity index (χ3v) is 6.51. The molecule has 1 amide bonds. The second-order valence-electron chi connectivity index (χ2n) is 7.97. The molecule has 0 aliphatic heterocycles. The highest BCUT2D eigenvalue weighted by Gasteiger charge is 2.17. The van der Waals surface area contributed by atoms with Crippen LogP contribution in [0.4, 0.5) is 5.69 Å². The molecule has 0 unspecified atom stereocenters. The van der Waals surface area contributed by atoms with Crippen molar-refractivity contribution in [3.8, 4) is 34.2 Å². The Balaban J connectivity index is 1.58. The Bertz CT molecular complexity index is 1470. The molecule has 1 aromatic heterocycles. The van der Waals surface area contributed by atoms with Crippen molar-refractivity contribution in [2.75, 3.05) is 18.2 Å². The van der Waals surface area contributed by atoms with Crippen molar-refractivity contribution in [3.63, 3.8) is 0 Å². The molecule has 0 saturated heterocycles. The molecule has 1 heterocycles. The summed E-state index contributed by atoms with van der Waals surface area (Å²) in [5.41, 5.74) is 4.19. The van der Waals surface area contributed by atoms with Crippen LogP contribution in [0.5, 0.6) is 5.75 Å². The minimum Gasteiger partial charge on any atom is -0.497 e. The summed E-state index contributed by atoms with van der Waals surface area (Å²) in [4.78, 5) is 28.4. The quantitative estimate of drug-likeness (QED) is 0.262. The minimum absolute atomic E-state index is 0.0961. The molecule has 184 valence electrons. The maximum Gasteiger partial charge on any atom is 0.335 e. The van der Waals surface area contributed by atoms with E-state index in [1.807, 2.05) is 60.7 Å². The van der Waals surface area contributed by atoms with Crippen LogP contribution in [0, 0.1) is 11.3 Å². The number of nitriles is 1. The van der Waals surface area contributed by atoms with Crippen LogP contribution in [0.2, 0.25) is 0 Å². The monoisotopic (exact) mass is 509 g/mol. The highest BCUT2D eigenvalue weighted by atomic mass is 32.2. The molecular weight excluding hydrogens is 486 g/mol. The Morgan fingerprint density at radius 2 is 1.76 bits per heavy atom. The number of aromatic nitrogens is 1. The van der Waals surface area contributed by atoms with Gasteiger partial charge < -0.3 is 15.2 Å². The fraction of sp³-hybridized carbons (Fsp3) is 0.103. The molecule has 0 atom stereocenters. The van der Waals surface area contributed by atoms with Crippen molar-refractivity contribution < 1.29 is 19.4 Å². The summed E-state index contributed by atoms with van der Waals surface area (Å²) in [6.07, 6.45) is 0.155. The van der Waals surface area contributed by atoms with E-state index in [9.17, 15) is 14.9 Å². The normalized spacial score (nSPS) is 10.4. The first-order chi connectivity index (χ1) is 18.0. The second-order valence-corrected chi connectivity index (χ2v) is 9.06. The van der Waals surface area contributed by atoms with Gasteiger partial charge in [-0.25, -0.2) is 9.78 Å². The molecule has 0 spiro atoms. The predicted molar refractivity (Wildman–Crippen MR) is 144 cm³/mol. The number of aromatic carboxylic acids is 1. The summed E-state index contributed by atoms with van der Waals surface area (Å²) in [5.74, 6) is -0.225. The van der Waals surface area contributed by atoms with Crippen molar-refractivity contribution in [1.82, 2.24) is 4.98 Å². The number of carboxylic acid groups (broad SMARTS) is 1. The van der Waals surface area contributed by atoms with Crippen LogP contribution >= 0.6 is 11.8 Å². The van der Waals surface area contributed by atoms with Gasteiger partial charge in [-0.1, -0.05) is 48.5 Å².